The van der Waals surface area contributed by atoms with E-state index in [1.165, 1.54) is 0 Å². The first kappa shape index (κ1) is 15.6. The Balaban J connectivity index is 2.75. The smallest absolute Gasteiger partial charge is 0.406 e. The van der Waals surface area contributed by atoms with Gasteiger partial charge in [0.15, 0.2) is 5.41 Å². The molecule has 0 aromatic carbocycles. The quantitative estimate of drug-likeness (QED) is 0.827. The number of rotatable bonds is 3. The van der Waals surface area contributed by atoms with Gasteiger partial charge >= 0.3 is 18.2 Å². The minimum absolute atomic E-state index is 0.165. The van der Waals surface area contributed by atoms with E-state index < -0.39 is 36.6 Å². The van der Waals surface area contributed by atoms with Gasteiger partial charge in [0.05, 0.1) is 0 Å². The highest BCUT2D eigenvalue weighted by Crippen LogP contribution is 2.45. The van der Waals surface area contributed by atoms with Crippen molar-refractivity contribution in [3.05, 3.63) is 0 Å². The van der Waals surface area contributed by atoms with Crippen molar-refractivity contribution < 1.29 is 27.9 Å². The van der Waals surface area contributed by atoms with Crippen LogP contribution in [0.5, 0.6) is 0 Å². The van der Waals surface area contributed by atoms with Gasteiger partial charge in [0.2, 0.25) is 0 Å². The lowest BCUT2D eigenvalue weighted by molar-refractivity contribution is -0.226. The molecule has 0 spiro atoms. The molecule has 19 heavy (non-hydrogen) atoms. The first-order valence-corrected chi connectivity index (χ1v) is 5.93. The molecule has 1 aliphatic heterocycles. The van der Waals surface area contributed by atoms with Gasteiger partial charge in [0.1, 0.15) is 0 Å². The normalized spacial score (nSPS) is 23.8. The number of halogens is 3. The topological polar surface area (TPSA) is 69.6 Å². The molecule has 0 aromatic rings. The Bertz CT molecular complexity index is 371. The number of nitrogens with one attached hydrogen (secondary N) is 1. The molecule has 110 valence electrons. The lowest BCUT2D eigenvalue weighted by Crippen LogP contribution is -2.49. The van der Waals surface area contributed by atoms with E-state index in [1.54, 1.807) is 0 Å². The average molecular weight is 282 g/mol. The molecular formula is C11H17F3N2O3. The van der Waals surface area contributed by atoms with E-state index in [1.807, 2.05) is 13.8 Å². The molecule has 5 nitrogen and oxygen atoms in total. The highest BCUT2D eigenvalue weighted by atomic mass is 19.4. The van der Waals surface area contributed by atoms with E-state index in [-0.39, 0.29) is 12.5 Å². The van der Waals surface area contributed by atoms with Gasteiger partial charge in [-0.3, -0.25) is 4.79 Å². The average Bonchev–Trinajstić information content (AvgIpc) is 2.71. The zero-order valence-corrected chi connectivity index (χ0v) is 10.8. The molecule has 1 saturated heterocycles. The van der Waals surface area contributed by atoms with Gasteiger partial charge in [-0.1, -0.05) is 13.8 Å². The van der Waals surface area contributed by atoms with Crippen molar-refractivity contribution in [1.82, 2.24) is 10.2 Å². The van der Waals surface area contributed by atoms with Crippen molar-refractivity contribution in [2.75, 3.05) is 19.6 Å². The first-order chi connectivity index (χ1) is 8.60. The zero-order chi connectivity index (χ0) is 14.8. The van der Waals surface area contributed by atoms with Gasteiger partial charge < -0.3 is 15.3 Å². The van der Waals surface area contributed by atoms with Crippen LogP contribution in [0.4, 0.5) is 18.0 Å². The number of carboxylic acid groups (broad SMARTS) is 1. The molecule has 0 saturated carbocycles. The van der Waals surface area contributed by atoms with E-state index in [4.69, 9.17) is 5.11 Å². The van der Waals surface area contributed by atoms with E-state index >= 15 is 0 Å². The van der Waals surface area contributed by atoms with Crippen LogP contribution in [0.15, 0.2) is 0 Å². The van der Waals surface area contributed by atoms with Crippen molar-refractivity contribution in [2.24, 2.45) is 11.3 Å². The van der Waals surface area contributed by atoms with Crippen molar-refractivity contribution in [2.45, 2.75) is 26.4 Å². The fourth-order valence-electron chi connectivity index (χ4n) is 1.91. The zero-order valence-electron chi connectivity index (χ0n) is 10.8. The summed E-state index contributed by atoms with van der Waals surface area (Å²) in [6.07, 6.45) is -5.48. The summed E-state index contributed by atoms with van der Waals surface area (Å²) in [6.45, 7) is 2.98. The van der Waals surface area contributed by atoms with E-state index in [0.717, 1.165) is 4.90 Å². The molecule has 1 unspecified atom stereocenters. The number of aliphatic carboxylic acids is 1. The van der Waals surface area contributed by atoms with Crippen LogP contribution >= 0.6 is 0 Å². The maximum atomic E-state index is 12.9. The fraction of sp³-hybridized carbons (Fsp3) is 0.818. The van der Waals surface area contributed by atoms with Gasteiger partial charge in [0.25, 0.3) is 0 Å². The minimum atomic E-state index is -4.87. The predicted molar refractivity (Wildman–Crippen MR) is 60.6 cm³/mol. The molecule has 2 amide bonds. The van der Waals surface area contributed by atoms with Crippen molar-refractivity contribution in [3.63, 3.8) is 0 Å². The molecule has 1 heterocycles. The van der Waals surface area contributed by atoms with Crippen molar-refractivity contribution >= 4 is 12.0 Å². The molecule has 2 N–H and O–H groups in total. The second-order valence-corrected chi connectivity index (χ2v) is 5.14. The predicted octanol–water partition coefficient (Wildman–Crippen LogP) is 1.69. The summed E-state index contributed by atoms with van der Waals surface area (Å²) in [5, 5.41) is 11.3. The highest BCUT2D eigenvalue weighted by Gasteiger charge is 2.64. The van der Waals surface area contributed by atoms with Crippen LogP contribution in [-0.2, 0) is 4.79 Å². The first-order valence-electron chi connectivity index (χ1n) is 5.93. The maximum absolute atomic E-state index is 12.9. The van der Waals surface area contributed by atoms with Gasteiger partial charge in [-0.2, -0.15) is 13.2 Å². The standard InChI is InChI=1S/C11H17F3N2O3/c1-7(2)5-15-9(19)16-4-3-10(6-16,8(17)18)11(12,13)14/h7H,3-6H2,1-2H3,(H,15,19)(H,17,18). The summed E-state index contributed by atoms with van der Waals surface area (Å²) in [7, 11) is 0. The van der Waals surface area contributed by atoms with Crippen LogP contribution in [-0.4, -0.2) is 47.8 Å². The van der Waals surface area contributed by atoms with E-state index in [2.05, 4.69) is 5.32 Å². The number of carbonyl (C=O) groups is 2. The third-order valence-corrected chi connectivity index (χ3v) is 3.17. The molecular weight excluding hydrogens is 265 g/mol. The number of hydrogen-bond acceptors (Lipinski definition) is 2. The van der Waals surface area contributed by atoms with Gasteiger partial charge in [-0.15, -0.1) is 0 Å². The maximum Gasteiger partial charge on any atom is 0.406 e. The van der Waals surface area contributed by atoms with E-state index in [9.17, 15) is 22.8 Å². The molecule has 1 fully saturated rings. The molecule has 1 aliphatic rings. The van der Waals surface area contributed by atoms with Crippen LogP contribution in [0.2, 0.25) is 0 Å². The van der Waals surface area contributed by atoms with E-state index in [0.29, 0.717) is 6.54 Å². The van der Waals surface area contributed by atoms with Crippen LogP contribution in [0.3, 0.4) is 0 Å². The van der Waals surface area contributed by atoms with Crippen molar-refractivity contribution in [3.8, 4) is 0 Å². The number of hydrogen-bond donors (Lipinski definition) is 2. The lowest BCUT2D eigenvalue weighted by Gasteiger charge is -2.27. The fourth-order valence-corrected chi connectivity index (χ4v) is 1.91. The van der Waals surface area contributed by atoms with Crippen LogP contribution < -0.4 is 5.32 Å². The number of likely N-dealkylation sites (tertiary alicyclic amines) is 1. The Morgan fingerprint density at radius 1 is 1.42 bits per heavy atom. The van der Waals surface area contributed by atoms with Crippen LogP contribution in [0.25, 0.3) is 0 Å². The third kappa shape index (κ3) is 3.10. The number of urea groups is 1. The number of carbonyl (C=O) groups excluding carboxylic acids is 1. The Morgan fingerprint density at radius 3 is 2.37 bits per heavy atom. The summed E-state index contributed by atoms with van der Waals surface area (Å²) in [6, 6.07) is -0.652. The van der Waals surface area contributed by atoms with Gasteiger partial charge in [0, 0.05) is 19.6 Å². The molecule has 0 aromatic heterocycles. The van der Waals surface area contributed by atoms with Gasteiger partial charge in [-0.05, 0) is 12.3 Å². The number of amides is 2. The second kappa shape index (κ2) is 5.26. The van der Waals surface area contributed by atoms with Crippen molar-refractivity contribution in [1.29, 1.82) is 0 Å². The summed E-state index contributed by atoms with van der Waals surface area (Å²) in [5.41, 5.74) is -2.85. The van der Waals surface area contributed by atoms with Crippen LogP contribution in [0.1, 0.15) is 20.3 Å². The summed E-state index contributed by atoms with van der Waals surface area (Å²) in [4.78, 5) is 23.5. The molecule has 1 atom stereocenters. The Labute approximate surface area is 108 Å². The molecule has 1 rings (SSSR count). The molecule has 0 radical (unpaired) electrons. The monoisotopic (exact) mass is 282 g/mol. The second-order valence-electron chi connectivity index (χ2n) is 5.14. The Hall–Kier alpha value is -1.47. The molecule has 0 aliphatic carbocycles. The molecule has 8 heteroatoms. The minimum Gasteiger partial charge on any atom is -0.481 e. The summed E-state index contributed by atoms with van der Waals surface area (Å²) >= 11 is 0. The lowest BCUT2D eigenvalue weighted by atomic mass is 9.86. The molecule has 0 bridgehead atoms. The van der Waals surface area contributed by atoms with Crippen LogP contribution in [0, 0.1) is 11.3 Å². The SMILES string of the molecule is CC(C)CNC(=O)N1CCC(C(=O)O)(C(F)(F)F)C1. The van der Waals surface area contributed by atoms with Gasteiger partial charge in [-0.25, -0.2) is 4.79 Å². The summed E-state index contributed by atoms with van der Waals surface area (Å²) < 4.78 is 38.6. The highest BCUT2D eigenvalue weighted by molar-refractivity contribution is 5.80. The Morgan fingerprint density at radius 2 is 2.00 bits per heavy atom. The Kier molecular flexibility index (Phi) is 4.32. The summed E-state index contributed by atoms with van der Waals surface area (Å²) in [5.74, 6) is -1.77. The largest absolute Gasteiger partial charge is 0.481 e. The number of nitrogens with zero attached hydrogens (tertiary/aromatic N) is 1. The number of alkyl halides is 3. The third-order valence-electron chi connectivity index (χ3n) is 3.17. The number of carboxylic acids is 1.